The first kappa shape index (κ1) is 29.4. The average Bonchev–Trinajstić information content (AvgIpc) is 2.79. The van der Waals surface area contributed by atoms with Crippen LogP contribution >= 0.6 is 0 Å². The van der Waals surface area contributed by atoms with Crippen LogP contribution < -0.4 is 29.6 Å². The van der Waals surface area contributed by atoms with Gasteiger partial charge in [-0.05, 0) is 24.0 Å². The van der Waals surface area contributed by atoms with Gasteiger partial charge < -0.3 is 6.16 Å². The summed E-state index contributed by atoms with van der Waals surface area (Å²) in [5.74, 6) is 0. The van der Waals surface area contributed by atoms with Crippen LogP contribution in [0.4, 0.5) is 0 Å². The van der Waals surface area contributed by atoms with Crippen LogP contribution in [0.15, 0.2) is 60.7 Å². The zero-order valence-electron chi connectivity index (χ0n) is 21.1. The second-order valence-electron chi connectivity index (χ2n) is 7.88. The van der Waals surface area contributed by atoms with Gasteiger partial charge in [-0.3, -0.25) is 0 Å². The fourth-order valence-electron chi connectivity index (χ4n) is 3.33. The van der Waals surface area contributed by atoms with Crippen molar-refractivity contribution in [2.45, 2.75) is 90.9 Å². The van der Waals surface area contributed by atoms with E-state index in [0.29, 0.717) is 0 Å². The van der Waals surface area contributed by atoms with Gasteiger partial charge in [-0.15, -0.1) is 0 Å². The molecule has 0 amide bonds. The Hall–Kier alpha value is -0.600. The van der Waals surface area contributed by atoms with Gasteiger partial charge in [-0.1, -0.05) is 139 Å². The first-order chi connectivity index (χ1) is 14.4. The normalized spacial score (nSPS) is 10.1. The molecule has 0 aliphatic rings. The predicted molar refractivity (Wildman–Crippen MR) is 131 cm³/mol. The Morgan fingerprint density at radius 3 is 1.20 bits per heavy atom. The topological polar surface area (TPSA) is 9.23 Å². The van der Waals surface area contributed by atoms with E-state index in [1.807, 2.05) is 12.1 Å². The van der Waals surface area contributed by atoms with Crippen molar-refractivity contribution in [2.75, 3.05) is 13.2 Å². The molecule has 1 nitrogen and oxygen atoms in total. The van der Waals surface area contributed by atoms with Crippen molar-refractivity contribution in [3.8, 4) is 11.1 Å². The summed E-state index contributed by atoms with van der Waals surface area (Å²) in [4.78, 5) is 0. The third kappa shape index (κ3) is 17.1. The van der Waals surface area contributed by atoms with Crippen LogP contribution in [0.3, 0.4) is 0 Å². The Kier molecular flexibility index (Phi) is 22.6. The number of rotatable bonds is 15. The Balaban J connectivity index is 0. The minimum absolute atomic E-state index is 0. The molecular formula is C28H45NaO. The molecule has 0 radical (unpaired) electrons. The summed E-state index contributed by atoms with van der Waals surface area (Å²) in [6.45, 7) is 6.51. The van der Waals surface area contributed by atoms with Crippen molar-refractivity contribution >= 4 is 0 Å². The number of unbranched alkanes of at least 4 members (excludes halogenated alkanes) is 10. The molecule has 2 aromatic rings. The van der Waals surface area contributed by atoms with Crippen molar-refractivity contribution in [1.82, 2.24) is 0 Å². The average molecular weight is 421 g/mol. The van der Waals surface area contributed by atoms with Crippen molar-refractivity contribution in [2.24, 2.45) is 0 Å². The van der Waals surface area contributed by atoms with Crippen molar-refractivity contribution in [1.29, 1.82) is 0 Å². The number of hydrogen-bond donors (Lipinski definition) is 0. The summed E-state index contributed by atoms with van der Waals surface area (Å²) in [5.41, 5.74) is 2.55. The third-order valence-electron chi connectivity index (χ3n) is 5.17. The standard InChI is InChI=1S/C16H34O.C12H10.Na.H/c1-3-5-7-9-11-13-15-17-16-14-12-10-8-6-4-2;1-3-7-11(8-4-1)12-9-5-2-6-10-12;;/h3-16H2,1-2H3;1-10H;;/q;;+1;-1. The van der Waals surface area contributed by atoms with Gasteiger partial charge >= 0.3 is 29.6 Å². The van der Waals surface area contributed by atoms with Gasteiger partial charge in [0, 0.05) is 13.2 Å². The first-order valence-electron chi connectivity index (χ1n) is 12.1. The van der Waals surface area contributed by atoms with E-state index in [9.17, 15) is 0 Å². The van der Waals surface area contributed by atoms with Crippen molar-refractivity contribution in [3.63, 3.8) is 0 Å². The molecule has 0 atom stereocenters. The fraction of sp³-hybridized carbons (Fsp3) is 0.571. The minimum atomic E-state index is 0. The molecule has 0 unspecified atom stereocenters. The molecule has 0 saturated carbocycles. The summed E-state index contributed by atoms with van der Waals surface area (Å²) in [6.07, 6.45) is 16.3. The summed E-state index contributed by atoms with van der Waals surface area (Å²) in [7, 11) is 0. The Labute approximate surface area is 210 Å². The van der Waals surface area contributed by atoms with Crippen LogP contribution in [0, 0.1) is 0 Å². The van der Waals surface area contributed by atoms with Crippen LogP contribution in [0.25, 0.3) is 11.1 Å². The number of hydrogen-bond acceptors (Lipinski definition) is 1. The van der Waals surface area contributed by atoms with E-state index in [4.69, 9.17) is 4.74 Å². The molecule has 2 heteroatoms. The summed E-state index contributed by atoms with van der Waals surface area (Å²) in [6, 6.07) is 20.8. The molecule has 2 aromatic carbocycles. The minimum Gasteiger partial charge on any atom is -1.00 e. The Morgan fingerprint density at radius 1 is 0.500 bits per heavy atom. The SMILES string of the molecule is CCCCCCCCOCCCCCCCC.[H-].[Na+].c1ccc(-c2ccccc2)cc1. The van der Waals surface area contributed by atoms with E-state index in [0.717, 1.165) is 13.2 Å². The molecule has 0 bridgehead atoms. The van der Waals surface area contributed by atoms with E-state index < -0.39 is 0 Å². The molecule has 0 aromatic heterocycles. The summed E-state index contributed by atoms with van der Waals surface area (Å²) >= 11 is 0. The van der Waals surface area contributed by atoms with Gasteiger partial charge in [0.15, 0.2) is 0 Å². The molecule has 164 valence electrons. The molecule has 0 saturated heterocycles. The Morgan fingerprint density at radius 2 is 0.833 bits per heavy atom. The van der Waals surface area contributed by atoms with Crippen LogP contribution in [0.5, 0.6) is 0 Å². The maximum atomic E-state index is 5.65. The molecule has 0 spiro atoms. The molecule has 0 aliphatic heterocycles. The monoisotopic (exact) mass is 420 g/mol. The number of ether oxygens (including phenoxy) is 1. The zero-order valence-corrected chi connectivity index (χ0v) is 22.1. The maximum Gasteiger partial charge on any atom is 1.00 e. The summed E-state index contributed by atoms with van der Waals surface area (Å²) in [5, 5.41) is 0. The van der Waals surface area contributed by atoms with Gasteiger partial charge in [-0.2, -0.15) is 0 Å². The van der Waals surface area contributed by atoms with Gasteiger partial charge in [-0.25, -0.2) is 0 Å². The molecule has 0 fully saturated rings. The van der Waals surface area contributed by atoms with Crippen LogP contribution in [0.2, 0.25) is 0 Å². The first-order valence-corrected chi connectivity index (χ1v) is 12.1. The predicted octanol–water partition coefficient (Wildman–Crippen LogP) is 6.19. The van der Waals surface area contributed by atoms with Crippen LogP contribution in [-0.2, 0) is 4.74 Å². The molecule has 0 N–H and O–H groups in total. The third-order valence-corrected chi connectivity index (χ3v) is 5.17. The van der Waals surface area contributed by atoms with Crippen LogP contribution in [-0.4, -0.2) is 13.2 Å². The Bertz CT molecular complexity index is 510. The largest absolute Gasteiger partial charge is 1.00 e. The van der Waals surface area contributed by atoms with Gasteiger partial charge in [0.2, 0.25) is 0 Å². The van der Waals surface area contributed by atoms with Gasteiger partial charge in [0.25, 0.3) is 0 Å². The van der Waals surface area contributed by atoms with Crippen LogP contribution in [0.1, 0.15) is 92.3 Å². The zero-order chi connectivity index (χ0) is 20.8. The van der Waals surface area contributed by atoms with Crippen molar-refractivity contribution < 1.29 is 35.7 Å². The second kappa shape index (κ2) is 23.1. The van der Waals surface area contributed by atoms with Crippen molar-refractivity contribution in [3.05, 3.63) is 60.7 Å². The van der Waals surface area contributed by atoms with E-state index in [2.05, 4.69) is 62.4 Å². The summed E-state index contributed by atoms with van der Waals surface area (Å²) < 4.78 is 5.65. The maximum absolute atomic E-state index is 5.65. The molecule has 0 aliphatic carbocycles. The van der Waals surface area contributed by atoms with E-state index in [1.165, 1.54) is 88.2 Å². The quantitative estimate of drug-likeness (QED) is 0.246. The smallest absolute Gasteiger partial charge is 1.00 e. The van der Waals surface area contributed by atoms with E-state index in [1.54, 1.807) is 0 Å². The second-order valence-corrected chi connectivity index (χ2v) is 7.88. The molecule has 0 heterocycles. The van der Waals surface area contributed by atoms with E-state index >= 15 is 0 Å². The molecule has 2 rings (SSSR count). The molecule has 30 heavy (non-hydrogen) atoms. The van der Waals surface area contributed by atoms with Gasteiger partial charge in [0.05, 0.1) is 0 Å². The van der Waals surface area contributed by atoms with Gasteiger partial charge in [0.1, 0.15) is 0 Å². The number of benzene rings is 2. The molecular weight excluding hydrogens is 375 g/mol. The fourth-order valence-corrected chi connectivity index (χ4v) is 3.33. The van der Waals surface area contributed by atoms with E-state index in [-0.39, 0.29) is 31.0 Å².